The Kier molecular flexibility index (Phi) is 5.60. The Morgan fingerprint density at radius 3 is 2.67 bits per heavy atom. The molecule has 0 aliphatic carbocycles. The summed E-state index contributed by atoms with van der Waals surface area (Å²) in [6.07, 6.45) is -0.752. The first-order valence-corrected chi connectivity index (χ1v) is 9.31. The van der Waals surface area contributed by atoms with E-state index in [0.29, 0.717) is 5.01 Å². The summed E-state index contributed by atoms with van der Waals surface area (Å²) in [4.78, 5) is 20.4. The molecule has 10 heteroatoms. The van der Waals surface area contributed by atoms with Crippen molar-refractivity contribution in [3.63, 3.8) is 0 Å². The second-order valence-corrected chi connectivity index (χ2v) is 8.14. The molecule has 24 heavy (non-hydrogen) atoms. The molecule has 0 bridgehead atoms. The summed E-state index contributed by atoms with van der Waals surface area (Å²) in [6, 6.07) is 0.913. The largest absolute Gasteiger partial charge is 0.348 e. The van der Waals surface area contributed by atoms with Gasteiger partial charge in [0.1, 0.15) is 5.01 Å². The van der Waals surface area contributed by atoms with Crippen molar-refractivity contribution in [3.8, 4) is 0 Å². The number of nitrogens with zero attached hydrogens (tertiary/aromatic N) is 3. The van der Waals surface area contributed by atoms with Crippen molar-refractivity contribution in [2.45, 2.75) is 23.5 Å². The van der Waals surface area contributed by atoms with Crippen molar-refractivity contribution in [3.05, 3.63) is 40.1 Å². The summed E-state index contributed by atoms with van der Waals surface area (Å²) >= 11 is 1.18. The Bertz CT molecular complexity index is 835. The summed E-state index contributed by atoms with van der Waals surface area (Å²) in [6.45, 7) is 0. The van der Waals surface area contributed by atoms with Crippen LogP contribution in [0.1, 0.15) is 22.7 Å². The van der Waals surface area contributed by atoms with Gasteiger partial charge in [-0.05, 0) is 6.07 Å². The smallest absolute Gasteiger partial charge is 0.265 e. The minimum absolute atomic E-state index is 0.0835. The number of aromatic nitrogens is 2. The molecule has 0 spiro atoms. The van der Waals surface area contributed by atoms with E-state index >= 15 is 0 Å². The fourth-order valence-corrected chi connectivity index (χ4v) is 3.92. The number of rotatable bonds is 6. The fourth-order valence-electron chi connectivity index (χ4n) is 1.79. The Labute approximate surface area is 142 Å². The van der Waals surface area contributed by atoms with Gasteiger partial charge >= 0.3 is 0 Å². The van der Waals surface area contributed by atoms with Crippen molar-refractivity contribution >= 4 is 27.1 Å². The highest BCUT2D eigenvalue weighted by Gasteiger charge is 2.20. The maximum Gasteiger partial charge on any atom is 0.265 e. The number of amides is 1. The first kappa shape index (κ1) is 18.4. The van der Waals surface area contributed by atoms with Gasteiger partial charge in [-0.1, -0.05) is 0 Å². The first-order chi connectivity index (χ1) is 11.2. The van der Waals surface area contributed by atoms with E-state index in [-0.39, 0.29) is 22.9 Å². The van der Waals surface area contributed by atoms with Gasteiger partial charge in [-0.15, -0.1) is 11.3 Å². The van der Waals surface area contributed by atoms with Gasteiger partial charge in [-0.3, -0.25) is 9.78 Å². The van der Waals surface area contributed by atoms with Gasteiger partial charge < -0.3 is 4.90 Å². The van der Waals surface area contributed by atoms with Gasteiger partial charge in [0.05, 0.1) is 22.8 Å². The molecule has 0 aliphatic heterocycles. The number of halogens is 2. The topological polar surface area (TPSA) is 80.2 Å². The lowest BCUT2D eigenvalue weighted by molar-refractivity contribution is -0.127. The molecule has 0 N–H and O–H groups in total. The maximum atomic E-state index is 12.7. The van der Waals surface area contributed by atoms with Gasteiger partial charge in [0.2, 0.25) is 5.91 Å². The van der Waals surface area contributed by atoms with Crippen LogP contribution in [0.2, 0.25) is 0 Å². The molecule has 0 aromatic carbocycles. The zero-order chi connectivity index (χ0) is 17.9. The standard InChI is InChI=1S/C14H15F2N3O3S2/c1-19(2)13(20)4-12-18-10(7-23-12)8-24(21,22)11-3-9(14(15)16)5-17-6-11/h3,5-7,14H,4,8H2,1-2H3. The fraction of sp³-hybridized carbons (Fsp3) is 0.357. The SMILES string of the molecule is CN(C)C(=O)Cc1nc(CS(=O)(=O)c2cncc(C(F)F)c2)cs1. The number of hydrogen-bond acceptors (Lipinski definition) is 6. The molecule has 0 saturated carbocycles. The molecular formula is C14H15F2N3O3S2. The quantitative estimate of drug-likeness (QED) is 0.772. The van der Waals surface area contributed by atoms with Gasteiger partial charge in [0, 0.05) is 37.4 Å². The number of sulfone groups is 1. The van der Waals surface area contributed by atoms with Crippen LogP contribution in [0.25, 0.3) is 0 Å². The molecule has 0 unspecified atom stereocenters. The highest BCUT2D eigenvalue weighted by atomic mass is 32.2. The summed E-state index contributed by atoms with van der Waals surface area (Å²) in [5.74, 6) is -0.582. The van der Waals surface area contributed by atoms with E-state index in [9.17, 15) is 22.0 Å². The van der Waals surface area contributed by atoms with E-state index in [1.165, 1.54) is 16.2 Å². The summed E-state index contributed by atoms with van der Waals surface area (Å²) in [5.41, 5.74) is -0.185. The van der Waals surface area contributed by atoms with Crippen LogP contribution in [0.15, 0.2) is 28.7 Å². The summed E-state index contributed by atoms with van der Waals surface area (Å²) < 4.78 is 50.0. The molecule has 0 radical (unpaired) electrons. The van der Waals surface area contributed by atoms with Crippen LogP contribution in [0.3, 0.4) is 0 Å². The predicted molar refractivity (Wildman–Crippen MR) is 84.6 cm³/mol. The van der Waals surface area contributed by atoms with E-state index in [4.69, 9.17) is 0 Å². The summed E-state index contributed by atoms with van der Waals surface area (Å²) in [5, 5.41) is 2.04. The molecule has 2 aromatic heterocycles. The van der Waals surface area contributed by atoms with Crippen LogP contribution in [-0.4, -0.2) is 43.3 Å². The zero-order valence-corrected chi connectivity index (χ0v) is 14.6. The molecule has 2 aromatic rings. The second kappa shape index (κ2) is 7.31. The Morgan fingerprint density at radius 1 is 1.33 bits per heavy atom. The number of thiazole rings is 1. The third-order valence-electron chi connectivity index (χ3n) is 3.08. The summed E-state index contributed by atoms with van der Waals surface area (Å²) in [7, 11) is -0.617. The van der Waals surface area contributed by atoms with Crippen LogP contribution < -0.4 is 0 Å². The zero-order valence-electron chi connectivity index (χ0n) is 12.9. The Morgan fingerprint density at radius 2 is 2.04 bits per heavy atom. The van der Waals surface area contributed by atoms with Crippen molar-refractivity contribution in [2.75, 3.05) is 14.1 Å². The van der Waals surface area contributed by atoms with Crippen molar-refractivity contribution in [2.24, 2.45) is 0 Å². The molecule has 1 amide bonds. The maximum absolute atomic E-state index is 12.7. The average molecular weight is 375 g/mol. The van der Waals surface area contributed by atoms with Crippen molar-refractivity contribution in [1.82, 2.24) is 14.9 Å². The minimum Gasteiger partial charge on any atom is -0.348 e. The minimum atomic E-state index is -3.85. The van der Waals surface area contributed by atoms with E-state index in [1.807, 2.05) is 0 Å². The van der Waals surface area contributed by atoms with Crippen LogP contribution in [-0.2, 0) is 26.8 Å². The lowest BCUT2D eigenvalue weighted by Crippen LogP contribution is -2.23. The monoisotopic (exact) mass is 375 g/mol. The molecular weight excluding hydrogens is 360 g/mol. The Hall–Kier alpha value is -1.94. The molecule has 0 aliphatic rings. The van der Waals surface area contributed by atoms with Gasteiger partial charge in [0.25, 0.3) is 6.43 Å². The highest BCUT2D eigenvalue weighted by Crippen LogP contribution is 2.23. The third kappa shape index (κ3) is 4.54. The van der Waals surface area contributed by atoms with Crippen LogP contribution in [0.4, 0.5) is 8.78 Å². The normalized spacial score (nSPS) is 11.7. The molecule has 0 atom stereocenters. The molecule has 0 saturated heterocycles. The van der Waals surface area contributed by atoms with E-state index < -0.39 is 27.6 Å². The average Bonchev–Trinajstić information content (AvgIpc) is 2.93. The predicted octanol–water partition coefficient (Wildman–Crippen LogP) is 2.08. The van der Waals surface area contributed by atoms with Crippen molar-refractivity contribution in [1.29, 1.82) is 0 Å². The highest BCUT2D eigenvalue weighted by molar-refractivity contribution is 7.90. The molecule has 2 rings (SSSR count). The lowest BCUT2D eigenvalue weighted by Gasteiger charge is -2.07. The molecule has 0 fully saturated rings. The third-order valence-corrected chi connectivity index (χ3v) is 5.60. The van der Waals surface area contributed by atoms with Crippen LogP contribution in [0.5, 0.6) is 0 Å². The lowest BCUT2D eigenvalue weighted by atomic mass is 10.3. The number of alkyl halides is 2. The number of carbonyl (C=O) groups is 1. The van der Waals surface area contributed by atoms with Gasteiger partial charge in [-0.25, -0.2) is 22.2 Å². The van der Waals surface area contributed by atoms with Crippen LogP contribution >= 0.6 is 11.3 Å². The van der Waals surface area contributed by atoms with Gasteiger partial charge in [0.15, 0.2) is 9.84 Å². The molecule has 6 nitrogen and oxygen atoms in total. The number of hydrogen-bond donors (Lipinski definition) is 0. The Balaban J connectivity index is 2.17. The van der Waals surface area contributed by atoms with E-state index in [2.05, 4.69) is 9.97 Å². The molecule has 2 heterocycles. The number of carbonyl (C=O) groups excluding carboxylic acids is 1. The van der Waals surface area contributed by atoms with Gasteiger partial charge in [-0.2, -0.15) is 0 Å². The second-order valence-electron chi connectivity index (χ2n) is 5.21. The van der Waals surface area contributed by atoms with Crippen molar-refractivity contribution < 1.29 is 22.0 Å². The van der Waals surface area contributed by atoms with E-state index in [0.717, 1.165) is 18.5 Å². The number of likely N-dealkylation sites (N-methyl/N-ethyl adjacent to an activating group) is 1. The van der Waals surface area contributed by atoms with E-state index in [1.54, 1.807) is 19.5 Å². The molecule has 130 valence electrons. The number of pyridine rings is 1. The first-order valence-electron chi connectivity index (χ1n) is 6.78. The van der Waals surface area contributed by atoms with Crippen LogP contribution in [0, 0.1) is 0 Å².